The molecule has 0 atom stereocenters. The maximum absolute atomic E-state index is 5.25. The van der Waals surface area contributed by atoms with E-state index in [4.69, 9.17) is 15.0 Å². The fourth-order valence-corrected chi connectivity index (χ4v) is 8.87. The van der Waals surface area contributed by atoms with Crippen molar-refractivity contribution in [3.05, 3.63) is 212 Å². The van der Waals surface area contributed by atoms with Crippen LogP contribution in [0.3, 0.4) is 0 Å². The van der Waals surface area contributed by atoms with Gasteiger partial charge in [0.25, 0.3) is 0 Å². The third-order valence-electron chi connectivity index (χ3n) is 11.8. The van der Waals surface area contributed by atoms with Crippen molar-refractivity contribution in [1.82, 2.24) is 24.1 Å². The monoisotopic (exact) mass is 765 g/mol. The summed E-state index contributed by atoms with van der Waals surface area (Å²) in [6, 6.07) is 75.2. The smallest absolute Gasteiger partial charge is 0.238 e. The Hall–Kier alpha value is -8.15. The van der Waals surface area contributed by atoms with E-state index in [1.54, 1.807) is 0 Å². The van der Waals surface area contributed by atoms with Crippen molar-refractivity contribution < 1.29 is 0 Å². The molecule has 0 N–H and O–H groups in total. The lowest BCUT2D eigenvalue weighted by Crippen LogP contribution is -2.06. The molecular weight excluding hydrogens is 731 g/mol. The molecule has 0 unspecified atom stereocenters. The SMILES string of the molecule is c1ccc(-c2ccc(-c3nc(-c4ccc5ccccc5c4)nc(-n4c5ccccc5c5cc(-c6ccc7c(c6)c6ccccc6n7-c6ccccc6)ccc54)n3)cc2)cc1. The summed E-state index contributed by atoms with van der Waals surface area (Å²) >= 11 is 0. The standard InChI is InChI=1S/C55H35N5/c1-3-13-36(14-4-1)38-23-26-39(27-24-38)53-56-54(43-28-25-37-15-7-8-16-40(37)33-43)58-55(57-53)60-50-22-12-10-20-46(50)48-35-42(30-32-52(48)60)41-29-31-51-47(34-41)45-19-9-11-21-49(45)59(51)44-17-5-2-6-18-44/h1-35H. The van der Waals surface area contributed by atoms with Gasteiger partial charge in [0.2, 0.25) is 5.95 Å². The van der Waals surface area contributed by atoms with E-state index in [9.17, 15) is 0 Å². The van der Waals surface area contributed by atoms with Crippen LogP contribution in [0.2, 0.25) is 0 Å². The highest BCUT2D eigenvalue weighted by molar-refractivity contribution is 6.12. The zero-order valence-corrected chi connectivity index (χ0v) is 32.4. The Morgan fingerprint density at radius 1 is 0.267 bits per heavy atom. The van der Waals surface area contributed by atoms with Gasteiger partial charge in [-0.15, -0.1) is 0 Å². The zero-order chi connectivity index (χ0) is 39.6. The van der Waals surface area contributed by atoms with Crippen LogP contribution in [-0.2, 0) is 0 Å². The van der Waals surface area contributed by atoms with E-state index in [2.05, 4.69) is 215 Å². The van der Waals surface area contributed by atoms with E-state index in [0.29, 0.717) is 17.6 Å². The largest absolute Gasteiger partial charge is 0.309 e. The second kappa shape index (κ2) is 13.8. The van der Waals surface area contributed by atoms with Gasteiger partial charge in [-0.2, -0.15) is 9.97 Å². The van der Waals surface area contributed by atoms with Crippen molar-refractivity contribution in [2.75, 3.05) is 0 Å². The Balaban J connectivity index is 1.03. The highest BCUT2D eigenvalue weighted by atomic mass is 15.2. The number of para-hydroxylation sites is 3. The molecule has 60 heavy (non-hydrogen) atoms. The minimum atomic E-state index is 0.574. The molecule has 0 aliphatic rings. The van der Waals surface area contributed by atoms with Gasteiger partial charge in [0.05, 0.1) is 22.1 Å². The van der Waals surface area contributed by atoms with Crippen LogP contribution in [0.15, 0.2) is 212 Å². The molecule has 12 rings (SSSR count). The topological polar surface area (TPSA) is 48.5 Å². The van der Waals surface area contributed by atoms with E-state index < -0.39 is 0 Å². The fraction of sp³-hybridized carbons (Fsp3) is 0. The van der Waals surface area contributed by atoms with Crippen LogP contribution < -0.4 is 0 Å². The first-order valence-corrected chi connectivity index (χ1v) is 20.3. The minimum Gasteiger partial charge on any atom is -0.309 e. The summed E-state index contributed by atoms with van der Waals surface area (Å²) < 4.78 is 4.55. The minimum absolute atomic E-state index is 0.574. The van der Waals surface area contributed by atoms with E-state index in [1.807, 2.05) is 6.07 Å². The number of aromatic nitrogens is 5. The molecule has 0 radical (unpaired) electrons. The summed E-state index contributed by atoms with van der Waals surface area (Å²) in [6.45, 7) is 0. The second-order valence-corrected chi connectivity index (χ2v) is 15.3. The van der Waals surface area contributed by atoms with Gasteiger partial charge in [0.1, 0.15) is 0 Å². The quantitative estimate of drug-likeness (QED) is 0.169. The normalized spacial score (nSPS) is 11.7. The molecule has 0 aliphatic carbocycles. The molecule has 9 aromatic carbocycles. The van der Waals surface area contributed by atoms with Gasteiger partial charge >= 0.3 is 0 Å². The summed E-state index contributed by atoms with van der Waals surface area (Å²) in [7, 11) is 0. The molecule has 0 aliphatic heterocycles. The van der Waals surface area contributed by atoms with Crippen LogP contribution in [0.25, 0.3) is 111 Å². The van der Waals surface area contributed by atoms with Gasteiger partial charge in [0, 0.05) is 38.4 Å². The Morgan fingerprint density at radius 3 is 1.42 bits per heavy atom. The molecule has 5 heteroatoms. The second-order valence-electron chi connectivity index (χ2n) is 15.3. The molecule has 280 valence electrons. The molecule has 0 bridgehead atoms. The van der Waals surface area contributed by atoms with Gasteiger partial charge in [-0.25, -0.2) is 4.98 Å². The zero-order valence-electron chi connectivity index (χ0n) is 32.4. The highest BCUT2D eigenvalue weighted by Crippen LogP contribution is 2.38. The molecule has 12 aromatic rings. The van der Waals surface area contributed by atoms with Gasteiger partial charge in [0.15, 0.2) is 11.6 Å². The average Bonchev–Trinajstić information content (AvgIpc) is 3.84. The molecule has 0 saturated heterocycles. The predicted molar refractivity (Wildman–Crippen MR) is 248 cm³/mol. The third kappa shape index (κ3) is 5.59. The molecule has 3 aromatic heterocycles. The molecule has 5 nitrogen and oxygen atoms in total. The third-order valence-corrected chi connectivity index (χ3v) is 11.8. The fourth-order valence-electron chi connectivity index (χ4n) is 8.87. The number of fused-ring (bicyclic) bond motifs is 7. The summed E-state index contributed by atoms with van der Waals surface area (Å²) in [6.07, 6.45) is 0. The van der Waals surface area contributed by atoms with Crippen molar-refractivity contribution in [2.24, 2.45) is 0 Å². The van der Waals surface area contributed by atoms with Crippen molar-refractivity contribution in [3.63, 3.8) is 0 Å². The van der Waals surface area contributed by atoms with Crippen molar-refractivity contribution in [1.29, 1.82) is 0 Å². The van der Waals surface area contributed by atoms with Crippen LogP contribution in [0, 0.1) is 0 Å². The summed E-state index contributed by atoms with van der Waals surface area (Å²) in [5.74, 6) is 1.82. The first kappa shape index (κ1) is 33.9. The maximum atomic E-state index is 5.25. The Bertz CT molecular complexity index is 3580. The number of rotatable bonds is 6. The van der Waals surface area contributed by atoms with Crippen molar-refractivity contribution in [2.45, 2.75) is 0 Å². The number of benzene rings is 9. The molecule has 0 saturated carbocycles. The van der Waals surface area contributed by atoms with Crippen LogP contribution >= 0.6 is 0 Å². The first-order valence-electron chi connectivity index (χ1n) is 20.3. The number of nitrogens with zero attached hydrogens (tertiary/aromatic N) is 5. The molecule has 0 fully saturated rings. The molecule has 0 spiro atoms. The van der Waals surface area contributed by atoms with Gasteiger partial charge in [-0.1, -0.05) is 158 Å². The van der Waals surface area contributed by atoms with Crippen LogP contribution in [0.4, 0.5) is 0 Å². The first-order chi connectivity index (χ1) is 29.7. The summed E-state index contributed by atoms with van der Waals surface area (Å²) in [5.41, 5.74) is 12.1. The summed E-state index contributed by atoms with van der Waals surface area (Å²) in [5, 5.41) is 7.04. The van der Waals surface area contributed by atoms with Crippen molar-refractivity contribution >= 4 is 54.4 Å². The van der Waals surface area contributed by atoms with Crippen LogP contribution in [-0.4, -0.2) is 24.1 Å². The van der Waals surface area contributed by atoms with E-state index >= 15 is 0 Å². The van der Waals surface area contributed by atoms with Crippen LogP contribution in [0.5, 0.6) is 0 Å². The molecule has 3 heterocycles. The number of hydrogen-bond donors (Lipinski definition) is 0. The summed E-state index contributed by atoms with van der Waals surface area (Å²) in [4.78, 5) is 15.6. The van der Waals surface area contributed by atoms with Gasteiger partial charge < -0.3 is 4.57 Å². The van der Waals surface area contributed by atoms with E-state index in [-0.39, 0.29) is 0 Å². The molecular formula is C55H35N5. The Labute approximate surface area is 346 Å². The maximum Gasteiger partial charge on any atom is 0.238 e. The van der Waals surface area contributed by atoms with Gasteiger partial charge in [-0.05, 0) is 87.6 Å². The van der Waals surface area contributed by atoms with Crippen molar-refractivity contribution in [3.8, 4) is 56.7 Å². The lowest BCUT2D eigenvalue weighted by atomic mass is 10.0. The lowest BCUT2D eigenvalue weighted by molar-refractivity contribution is 0.954. The molecule has 0 amide bonds. The lowest BCUT2D eigenvalue weighted by Gasteiger charge is -2.12. The predicted octanol–water partition coefficient (Wildman–Crippen LogP) is 13.9. The number of hydrogen-bond acceptors (Lipinski definition) is 3. The van der Waals surface area contributed by atoms with Crippen LogP contribution in [0.1, 0.15) is 0 Å². The van der Waals surface area contributed by atoms with Gasteiger partial charge in [-0.3, -0.25) is 4.57 Å². The Morgan fingerprint density at radius 2 is 0.733 bits per heavy atom. The van der Waals surface area contributed by atoms with E-state index in [1.165, 1.54) is 32.8 Å². The highest BCUT2D eigenvalue weighted by Gasteiger charge is 2.20. The Kier molecular flexibility index (Phi) is 7.78. The van der Waals surface area contributed by atoms with E-state index in [0.717, 1.165) is 60.7 Å². The average molecular weight is 766 g/mol.